The summed E-state index contributed by atoms with van der Waals surface area (Å²) in [6, 6.07) is 3.00. The number of amidine groups is 1. The van der Waals surface area contributed by atoms with E-state index >= 15 is 0 Å². The molecule has 1 aliphatic heterocycles. The SMILES string of the molecule is CC(C)(C)OC(=O)NC1=NC(c2ccc(F)cc2F)CCS1. The summed E-state index contributed by atoms with van der Waals surface area (Å²) >= 11 is 1.37. The van der Waals surface area contributed by atoms with Crippen molar-refractivity contribution in [2.24, 2.45) is 4.99 Å². The van der Waals surface area contributed by atoms with Gasteiger partial charge in [-0.2, -0.15) is 0 Å². The van der Waals surface area contributed by atoms with Gasteiger partial charge in [0.2, 0.25) is 0 Å². The van der Waals surface area contributed by atoms with Crippen LogP contribution in [0.2, 0.25) is 0 Å². The number of benzene rings is 1. The van der Waals surface area contributed by atoms with E-state index in [4.69, 9.17) is 4.74 Å². The van der Waals surface area contributed by atoms with Gasteiger partial charge in [0.1, 0.15) is 17.2 Å². The number of amides is 1. The van der Waals surface area contributed by atoms with E-state index in [9.17, 15) is 13.6 Å². The van der Waals surface area contributed by atoms with Gasteiger partial charge in [-0.05, 0) is 33.3 Å². The molecule has 1 amide bonds. The monoisotopic (exact) mass is 328 g/mol. The van der Waals surface area contributed by atoms with Crippen LogP contribution < -0.4 is 5.32 Å². The molecule has 0 saturated heterocycles. The molecule has 22 heavy (non-hydrogen) atoms. The fraction of sp³-hybridized carbons (Fsp3) is 0.467. The minimum atomic E-state index is -0.628. The van der Waals surface area contributed by atoms with Crippen molar-refractivity contribution in [1.82, 2.24) is 5.32 Å². The minimum Gasteiger partial charge on any atom is -0.444 e. The number of carbonyl (C=O) groups is 1. The van der Waals surface area contributed by atoms with Gasteiger partial charge in [0.15, 0.2) is 5.17 Å². The molecular weight excluding hydrogens is 310 g/mol. The summed E-state index contributed by atoms with van der Waals surface area (Å²) in [6.07, 6.45) is 0.0196. The van der Waals surface area contributed by atoms with E-state index in [0.29, 0.717) is 22.9 Å². The highest BCUT2D eigenvalue weighted by atomic mass is 32.2. The Bertz CT molecular complexity index is 600. The summed E-state index contributed by atoms with van der Waals surface area (Å²) in [5.41, 5.74) is -0.280. The molecule has 1 heterocycles. The van der Waals surface area contributed by atoms with E-state index in [2.05, 4.69) is 10.3 Å². The Balaban J connectivity index is 2.10. The van der Waals surface area contributed by atoms with Crippen LogP contribution in [0.4, 0.5) is 13.6 Å². The molecule has 1 unspecified atom stereocenters. The summed E-state index contributed by atoms with van der Waals surface area (Å²) in [5.74, 6) is -0.573. The molecule has 1 aromatic carbocycles. The van der Waals surface area contributed by atoms with Crippen LogP contribution >= 0.6 is 11.8 Å². The van der Waals surface area contributed by atoms with Crippen LogP contribution in [0.5, 0.6) is 0 Å². The number of hydrogen-bond acceptors (Lipinski definition) is 4. The van der Waals surface area contributed by atoms with Gasteiger partial charge >= 0.3 is 6.09 Å². The van der Waals surface area contributed by atoms with Crippen molar-refractivity contribution in [3.05, 3.63) is 35.4 Å². The lowest BCUT2D eigenvalue weighted by atomic mass is 10.0. The maximum Gasteiger partial charge on any atom is 0.413 e. The van der Waals surface area contributed by atoms with Crippen LogP contribution in [0, 0.1) is 11.6 Å². The molecular formula is C15H18F2N2O2S. The average Bonchev–Trinajstić information content (AvgIpc) is 2.36. The van der Waals surface area contributed by atoms with Gasteiger partial charge in [0.05, 0.1) is 6.04 Å². The number of aliphatic imine (C=N–C) groups is 1. The van der Waals surface area contributed by atoms with Gasteiger partial charge in [0.25, 0.3) is 0 Å². The number of nitrogens with zero attached hydrogens (tertiary/aromatic N) is 1. The second kappa shape index (κ2) is 6.64. The lowest BCUT2D eigenvalue weighted by molar-refractivity contribution is 0.0564. The number of ether oxygens (including phenoxy) is 1. The van der Waals surface area contributed by atoms with E-state index in [0.717, 1.165) is 6.07 Å². The normalized spacial score (nSPS) is 18.6. The molecule has 2 rings (SSSR count). The van der Waals surface area contributed by atoms with E-state index in [1.165, 1.54) is 23.9 Å². The second-order valence-corrected chi connectivity index (χ2v) is 6.96. The molecule has 0 aliphatic carbocycles. The fourth-order valence-corrected chi connectivity index (χ4v) is 2.86. The van der Waals surface area contributed by atoms with Crippen molar-refractivity contribution in [3.8, 4) is 0 Å². The Hall–Kier alpha value is -1.63. The number of alkyl carbamates (subject to hydrolysis) is 1. The first-order chi connectivity index (χ1) is 10.2. The Kier molecular flexibility index (Phi) is 5.05. The summed E-state index contributed by atoms with van der Waals surface area (Å²) in [5, 5.41) is 2.94. The highest BCUT2D eigenvalue weighted by Gasteiger charge is 2.23. The predicted molar refractivity (Wildman–Crippen MR) is 83.0 cm³/mol. The zero-order valence-electron chi connectivity index (χ0n) is 12.7. The van der Waals surface area contributed by atoms with Crippen molar-refractivity contribution in [1.29, 1.82) is 0 Å². The number of halogens is 2. The first kappa shape index (κ1) is 16.7. The number of hydrogen-bond donors (Lipinski definition) is 1. The standard InChI is InChI=1S/C15H18F2N2O2S/c1-15(2,3)21-14(20)19-13-18-12(6-7-22-13)10-5-4-9(16)8-11(10)17/h4-5,8,12H,6-7H2,1-3H3,(H,18,19,20). The van der Waals surface area contributed by atoms with Crippen LogP contribution in [0.3, 0.4) is 0 Å². The van der Waals surface area contributed by atoms with E-state index < -0.39 is 29.4 Å². The van der Waals surface area contributed by atoms with Crippen LogP contribution in [0.1, 0.15) is 38.8 Å². The zero-order valence-corrected chi connectivity index (χ0v) is 13.5. The van der Waals surface area contributed by atoms with Crippen molar-refractivity contribution >= 4 is 23.0 Å². The fourth-order valence-electron chi connectivity index (χ4n) is 1.97. The average molecular weight is 328 g/mol. The Labute approximate surface area is 132 Å². The largest absolute Gasteiger partial charge is 0.444 e. The van der Waals surface area contributed by atoms with Gasteiger partial charge in [-0.3, -0.25) is 10.3 Å². The molecule has 7 heteroatoms. The third kappa shape index (κ3) is 4.69. The molecule has 120 valence electrons. The summed E-state index contributed by atoms with van der Waals surface area (Å²) < 4.78 is 31.9. The van der Waals surface area contributed by atoms with Crippen molar-refractivity contribution in [2.75, 3.05) is 5.75 Å². The van der Waals surface area contributed by atoms with Crippen LogP contribution in [-0.4, -0.2) is 22.6 Å². The van der Waals surface area contributed by atoms with Crippen LogP contribution in [0.25, 0.3) is 0 Å². The van der Waals surface area contributed by atoms with Gasteiger partial charge < -0.3 is 4.74 Å². The quantitative estimate of drug-likeness (QED) is 0.847. The Morgan fingerprint density at radius 3 is 2.77 bits per heavy atom. The molecule has 1 atom stereocenters. The molecule has 4 nitrogen and oxygen atoms in total. The lowest BCUT2D eigenvalue weighted by Gasteiger charge is -2.23. The number of carbonyl (C=O) groups excluding carboxylic acids is 1. The van der Waals surface area contributed by atoms with E-state index in [-0.39, 0.29) is 0 Å². The molecule has 0 radical (unpaired) electrons. The Morgan fingerprint density at radius 2 is 2.14 bits per heavy atom. The topological polar surface area (TPSA) is 50.7 Å². The van der Waals surface area contributed by atoms with Crippen LogP contribution in [0.15, 0.2) is 23.2 Å². The van der Waals surface area contributed by atoms with Gasteiger partial charge in [-0.15, -0.1) is 0 Å². The highest BCUT2D eigenvalue weighted by Crippen LogP contribution is 2.30. The van der Waals surface area contributed by atoms with E-state index in [1.807, 2.05) is 0 Å². The number of nitrogens with one attached hydrogen (secondary N) is 1. The van der Waals surface area contributed by atoms with Crippen LogP contribution in [-0.2, 0) is 4.74 Å². The molecule has 0 spiro atoms. The molecule has 0 aromatic heterocycles. The predicted octanol–water partition coefficient (Wildman–Crippen LogP) is 4.02. The van der Waals surface area contributed by atoms with Gasteiger partial charge in [-0.1, -0.05) is 17.8 Å². The summed E-state index contributed by atoms with van der Waals surface area (Å²) in [6.45, 7) is 5.29. The Morgan fingerprint density at radius 1 is 1.41 bits per heavy atom. The van der Waals surface area contributed by atoms with Crippen molar-refractivity contribution < 1.29 is 18.3 Å². The maximum atomic E-state index is 13.8. The summed E-state index contributed by atoms with van der Waals surface area (Å²) in [7, 11) is 0. The van der Waals surface area contributed by atoms with Crippen molar-refractivity contribution in [2.45, 2.75) is 38.8 Å². The zero-order chi connectivity index (χ0) is 16.3. The smallest absolute Gasteiger partial charge is 0.413 e. The molecule has 0 saturated carbocycles. The minimum absolute atomic E-state index is 0.324. The lowest BCUT2D eigenvalue weighted by Crippen LogP contribution is -2.36. The molecule has 1 aliphatic rings. The second-order valence-electron chi connectivity index (χ2n) is 5.88. The molecule has 1 aromatic rings. The van der Waals surface area contributed by atoms with Crippen molar-refractivity contribution in [3.63, 3.8) is 0 Å². The molecule has 1 N–H and O–H groups in total. The van der Waals surface area contributed by atoms with E-state index in [1.54, 1.807) is 20.8 Å². The summed E-state index contributed by atoms with van der Waals surface area (Å²) in [4.78, 5) is 16.0. The highest BCUT2D eigenvalue weighted by molar-refractivity contribution is 8.13. The molecule has 0 bridgehead atoms. The van der Waals surface area contributed by atoms with Gasteiger partial charge in [-0.25, -0.2) is 13.6 Å². The first-order valence-electron chi connectivity index (χ1n) is 6.90. The maximum absolute atomic E-state index is 13.8. The third-order valence-electron chi connectivity index (χ3n) is 2.83. The van der Waals surface area contributed by atoms with Gasteiger partial charge in [0, 0.05) is 17.4 Å². The third-order valence-corrected chi connectivity index (χ3v) is 3.75. The number of rotatable bonds is 1. The molecule has 0 fully saturated rings. The number of thioether (sulfide) groups is 1. The first-order valence-corrected chi connectivity index (χ1v) is 7.89.